The van der Waals surface area contributed by atoms with Gasteiger partial charge in [0.2, 0.25) is 0 Å². The van der Waals surface area contributed by atoms with Crippen LogP contribution >= 0.6 is 0 Å². The predicted molar refractivity (Wildman–Crippen MR) is 85.4 cm³/mol. The lowest BCUT2D eigenvalue weighted by atomic mass is 9.56. The first-order chi connectivity index (χ1) is 9.72. The molecule has 4 aliphatic carbocycles. The van der Waals surface area contributed by atoms with Crippen LogP contribution in [0.2, 0.25) is 0 Å². The Morgan fingerprint density at radius 2 is 1.30 bits per heavy atom. The lowest BCUT2D eigenvalue weighted by Gasteiger charge is -2.49. The topological polar surface area (TPSA) is 0 Å². The van der Waals surface area contributed by atoms with Gasteiger partial charge in [0.25, 0.3) is 0 Å². The van der Waals surface area contributed by atoms with E-state index in [-0.39, 0.29) is 0 Å². The van der Waals surface area contributed by atoms with E-state index < -0.39 is 0 Å². The first-order valence-corrected chi connectivity index (χ1v) is 9.72. The molecule has 8 atom stereocenters. The molecule has 0 bridgehead atoms. The maximum atomic E-state index is 2.61. The SMILES string of the molecule is CC1CCC(C2CC3CCC4CCCC4C3CC2C)C1. The second kappa shape index (κ2) is 5.33. The van der Waals surface area contributed by atoms with Gasteiger partial charge in [0.05, 0.1) is 0 Å². The summed E-state index contributed by atoms with van der Waals surface area (Å²) in [7, 11) is 0. The smallest absolute Gasteiger partial charge is 0.0352 e. The molecule has 0 N–H and O–H groups in total. The summed E-state index contributed by atoms with van der Waals surface area (Å²) < 4.78 is 0. The first-order valence-electron chi connectivity index (χ1n) is 9.72. The second-order valence-corrected chi connectivity index (χ2v) is 9.15. The molecule has 20 heavy (non-hydrogen) atoms. The predicted octanol–water partition coefficient (Wildman–Crippen LogP) is 5.91. The van der Waals surface area contributed by atoms with Crippen molar-refractivity contribution in [3.63, 3.8) is 0 Å². The van der Waals surface area contributed by atoms with Gasteiger partial charge in [0.15, 0.2) is 0 Å². The summed E-state index contributed by atoms with van der Waals surface area (Å²) in [5, 5.41) is 0. The number of hydrogen-bond acceptors (Lipinski definition) is 0. The Morgan fingerprint density at radius 1 is 0.550 bits per heavy atom. The molecular formula is C20H34. The number of hydrogen-bond donors (Lipinski definition) is 0. The van der Waals surface area contributed by atoms with Gasteiger partial charge in [-0.3, -0.25) is 0 Å². The highest BCUT2D eigenvalue weighted by molar-refractivity contribution is 4.97. The van der Waals surface area contributed by atoms with Crippen molar-refractivity contribution in [2.24, 2.45) is 47.3 Å². The Balaban J connectivity index is 1.46. The fraction of sp³-hybridized carbons (Fsp3) is 1.00. The van der Waals surface area contributed by atoms with Gasteiger partial charge in [-0.2, -0.15) is 0 Å². The summed E-state index contributed by atoms with van der Waals surface area (Å²) in [6, 6.07) is 0. The van der Waals surface area contributed by atoms with Crippen LogP contribution in [0.5, 0.6) is 0 Å². The molecule has 0 saturated heterocycles. The molecule has 0 amide bonds. The monoisotopic (exact) mass is 274 g/mol. The van der Waals surface area contributed by atoms with Crippen LogP contribution in [0.15, 0.2) is 0 Å². The van der Waals surface area contributed by atoms with Gasteiger partial charge in [0, 0.05) is 0 Å². The van der Waals surface area contributed by atoms with Gasteiger partial charge in [-0.25, -0.2) is 0 Å². The van der Waals surface area contributed by atoms with E-state index in [2.05, 4.69) is 13.8 Å². The van der Waals surface area contributed by atoms with Crippen molar-refractivity contribution >= 4 is 0 Å². The second-order valence-electron chi connectivity index (χ2n) is 9.15. The van der Waals surface area contributed by atoms with Gasteiger partial charge >= 0.3 is 0 Å². The van der Waals surface area contributed by atoms with Crippen molar-refractivity contribution in [3.8, 4) is 0 Å². The van der Waals surface area contributed by atoms with E-state index in [9.17, 15) is 0 Å². The van der Waals surface area contributed by atoms with E-state index in [0.29, 0.717) is 0 Å². The van der Waals surface area contributed by atoms with Crippen LogP contribution in [0.3, 0.4) is 0 Å². The number of fused-ring (bicyclic) bond motifs is 3. The van der Waals surface area contributed by atoms with Crippen molar-refractivity contribution in [2.75, 3.05) is 0 Å². The van der Waals surface area contributed by atoms with Crippen LogP contribution in [-0.4, -0.2) is 0 Å². The highest BCUT2D eigenvalue weighted by atomic mass is 14.5. The molecular weight excluding hydrogens is 240 g/mol. The van der Waals surface area contributed by atoms with Crippen LogP contribution in [0.4, 0.5) is 0 Å². The fourth-order valence-electron chi connectivity index (χ4n) is 7.12. The zero-order valence-electron chi connectivity index (χ0n) is 13.7. The molecule has 0 aromatic rings. The maximum Gasteiger partial charge on any atom is -0.0352 e. The largest absolute Gasteiger partial charge is 0.0625 e. The Morgan fingerprint density at radius 3 is 2.10 bits per heavy atom. The molecule has 114 valence electrons. The first kappa shape index (κ1) is 13.6. The third-order valence-corrected chi connectivity index (χ3v) is 8.07. The molecule has 8 unspecified atom stereocenters. The van der Waals surface area contributed by atoms with Crippen LogP contribution in [0.1, 0.15) is 78.1 Å². The third kappa shape index (κ3) is 2.26. The summed E-state index contributed by atoms with van der Waals surface area (Å²) in [4.78, 5) is 0. The Labute approximate surface area is 126 Å². The Bertz CT molecular complexity index is 346. The molecule has 0 heteroatoms. The quantitative estimate of drug-likeness (QED) is 0.557. The van der Waals surface area contributed by atoms with Crippen LogP contribution in [0, 0.1) is 47.3 Å². The average molecular weight is 274 g/mol. The Hall–Kier alpha value is 0. The van der Waals surface area contributed by atoms with Crippen molar-refractivity contribution < 1.29 is 0 Å². The molecule has 4 aliphatic rings. The fourth-order valence-corrected chi connectivity index (χ4v) is 7.12. The van der Waals surface area contributed by atoms with Gasteiger partial charge in [0.1, 0.15) is 0 Å². The Kier molecular flexibility index (Phi) is 3.63. The maximum absolute atomic E-state index is 2.61. The van der Waals surface area contributed by atoms with E-state index in [0.717, 1.165) is 47.3 Å². The molecule has 0 aliphatic heterocycles. The van der Waals surface area contributed by atoms with Crippen molar-refractivity contribution in [2.45, 2.75) is 78.1 Å². The molecule has 0 heterocycles. The molecule has 4 saturated carbocycles. The molecule has 0 radical (unpaired) electrons. The van der Waals surface area contributed by atoms with Gasteiger partial charge in [-0.05, 0) is 92.3 Å². The molecule has 4 fully saturated rings. The standard InChI is InChI=1S/C20H34/c1-13-6-7-16(10-13)19-12-17-9-8-15-4-3-5-18(15)20(17)11-14(19)2/h13-20H,3-12H2,1-2H3. The van der Waals surface area contributed by atoms with Crippen LogP contribution in [0.25, 0.3) is 0 Å². The molecule has 4 rings (SSSR count). The number of rotatable bonds is 1. The minimum atomic E-state index is 1.02. The van der Waals surface area contributed by atoms with E-state index >= 15 is 0 Å². The van der Waals surface area contributed by atoms with Crippen molar-refractivity contribution in [1.82, 2.24) is 0 Å². The summed E-state index contributed by atoms with van der Waals surface area (Å²) in [6.45, 7) is 5.10. The van der Waals surface area contributed by atoms with E-state index in [1.165, 1.54) is 6.42 Å². The third-order valence-electron chi connectivity index (χ3n) is 8.07. The normalized spacial score (nSPS) is 55.5. The van der Waals surface area contributed by atoms with Gasteiger partial charge in [-0.15, -0.1) is 0 Å². The van der Waals surface area contributed by atoms with Gasteiger partial charge < -0.3 is 0 Å². The highest BCUT2D eigenvalue weighted by Gasteiger charge is 2.47. The molecule has 0 nitrogen and oxygen atoms in total. The summed E-state index contributed by atoms with van der Waals surface area (Å²) in [6.07, 6.45) is 15.7. The molecule has 0 aromatic carbocycles. The van der Waals surface area contributed by atoms with Crippen molar-refractivity contribution in [1.29, 1.82) is 0 Å². The van der Waals surface area contributed by atoms with Crippen LogP contribution < -0.4 is 0 Å². The minimum Gasteiger partial charge on any atom is -0.0625 e. The summed E-state index contributed by atoms with van der Waals surface area (Å²) >= 11 is 0. The lowest BCUT2D eigenvalue weighted by Crippen LogP contribution is -2.41. The zero-order chi connectivity index (χ0) is 13.7. The lowest BCUT2D eigenvalue weighted by molar-refractivity contribution is 0.00346. The molecule has 0 aromatic heterocycles. The van der Waals surface area contributed by atoms with E-state index in [1.54, 1.807) is 57.8 Å². The average Bonchev–Trinajstić information content (AvgIpc) is 3.06. The summed E-state index contributed by atoms with van der Waals surface area (Å²) in [5.41, 5.74) is 0. The minimum absolute atomic E-state index is 1.02. The van der Waals surface area contributed by atoms with E-state index in [4.69, 9.17) is 0 Å². The highest BCUT2D eigenvalue weighted by Crippen LogP contribution is 2.57. The van der Waals surface area contributed by atoms with Gasteiger partial charge in [-0.1, -0.05) is 33.1 Å². The van der Waals surface area contributed by atoms with Crippen LogP contribution in [-0.2, 0) is 0 Å². The van der Waals surface area contributed by atoms with E-state index in [1.807, 2.05) is 0 Å². The summed E-state index contributed by atoms with van der Waals surface area (Å²) in [5.74, 6) is 8.82. The van der Waals surface area contributed by atoms with Crippen molar-refractivity contribution in [3.05, 3.63) is 0 Å². The zero-order valence-corrected chi connectivity index (χ0v) is 13.7. The molecule has 0 spiro atoms.